The lowest BCUT2D eigenvalue weighted by Gasteiger charge is -2.25. The Bertz CT molecular complexity index is 1050. The lowest BCUT2D eigenvalue weighted by atomic mass is 10.1. The molecule has 0 bridgehead atoms. The van der Waals surface area contributed by atoms with Crippen LogP contribution in [0.1, 0.15) is 24.2 Å². The number of halogens is 1. The first-order chi connectivity index (χ1) is 14.6. The Morgan fingerprint density at radius 3 is 2.60 bits per heavy atom. The second kappa shape index (κ2) is 9.20. The molecule has 1 amide bonds. The summed E-state index contributed by atoms with van der Waals surface area (Å²) in [5.41, 5.74) is 1.39. The molecule has 0 aliphatic carbocycles. The number of benzene rings is 2. The number of hydrogen-bond donors (Lipinski definition) is 0. The number of carbonyl (C=O) groups is 1. The monoisotopic (exact) mass is 445 g/mol. The smallest absolute Gasteiger partial charge is 0.260 e. The standard InChI is InChI=1S/C22H24ClN3O3S/c1-3-25(4-2)9-10-26(22-24-17-7-6-16(23)14-20(17)30-22)21(27)15-5-8-18-19(13-15)29-12-11-28-18/h5-8,13-14H,3-4,9-12H2,1-2H3. The van der Waals surface area contributed by atoms with Gasteiger partial charge in [-0.1, -0.05) is 36.8 Å². The summed E-state index contributed by atoms with van der Waals surface area (Å²) < 4.78 is 12.2. The first-order valence-corrected chi connectivity index (χ1v) is 11.3. The number of thiazole rings is 1. The molecule has 3 aromatic rings. The summed E-state index contributed by atoms with van der Waals surface area (Å²) in [7, 11) is 0. The van der Waals surface area contributed by atoms with Crippen molar-refractivity contribution in [2.75, 3.05) is 44.3 Å². The minimum atomic E-state index is -0.107. The van der Waals surface area contributed by atoms with E-state index in [1.54, 1.807) is 23.1 Å². The summed E-state index contributed by atoms with van der Waals surface area (Å²) in [4.78, 5) is 22.3. The molecule has 8 heteroatoms. The van der Waals surface area contributed by atoms with Crippen LogP contribution in [0.15, 0.2) is 36.4 Å². The largest absolute Gasteiger partial charge is 0.486 e. The summed E-state index contributed by atoms with van der Waals surface area (Å²) in [6, 6.07) is 10.9. The Morgan fingerprint density at radius 2 is 1.83 bits per heavy atom. The molecule has 4 rings (SSSR count). The van der Waals surface area contributed by atoms with Crippen LogP contribution in [0.5, 0.6) is 11.5 Å². The third-order valence-electron chi connectivity index (χ3n) is 5.14. The maximum atomic E-state index is 13.5. The highest BCUT2D eigenvalue weighted by Crippen LogP contribution is 2.34. The summed E-state index contributed by atoms with van der Waals surface area (Å²) in [6.07, 6.45) is 0. The molecule has 1 aromatic heterocycles. The zero-order valence-corrected chi connectivity index (χ0v) is 18.6. The third kappa shape index (κ3) is 4.38. The van der Waals surface area contributed by atoms with E-state index in [9.17, 15) is 4.79 Å². The molecule has 0 unspecified atom stereocenters. The molecule has 2 heterocycles. The molecule has 2 aromatic carbocycles. The van der Waals surface area contributed by atoms with E-state index in [4.69, 9.17) is 26.1 Å². The van der Waals surface area contributed by atoms with Gasteiger partial charge in [-0.3, -0.25) is 9.69 Å². The lowest BCUT2D eigenvalue weighted by molar-refractivity contribution is 0.0982. The SMILES string of the molecule is CCN(CC)CCN(C(=O)c1ccc2c(c1)OCCO2)c1nc2ccc(Cl)cc2s1. The van der Waals surface area contributed by atoms with Crippen LogP contribution in [-0.2, 0) is 0 Å². The van der Waals surface area contributed by atoms with Crippen LogP contribution in [-0.4, -0.2) is 55.2 Å². The molecule has 0 N–H and O–H groups in total. The van der Waals surface area contributed by atoms with Crippen LogP contribution in [0.3, 0.4) is 0 Å². The van der Waals surface area contributed by atoms with Crippen molar-refractivity contribution in [1.82, 2.24) is 9.88 Å². The third-order valence-corrected chi connectivity index (χ3v) is 6.41. The van der Waals surface area contributed by atoms with E-state index in [1.807, 2.05) is 18.2 Å². The quantitative estimate of drug-likeness (QED) is 0.527. The number of likely N-dealkylation sites (N-methyl/N-ethyl adjacent to an activating group) is 1. The van der Waals surface area contributed by atoms with Crippen LogP contribution in [0.4, 0.5) is 5.13 Å². The Morgan fingerprint density at radius 1 is 1.07 bits per heavy atom. The molecule has 0 saturated carbocycles. The summed E-state index contributed by atoms with van der Waals surface area (Å²) >= 11 is 7.61. The number of anilines is 1. The molecule has 0 spiro atoms. The van der Waals surface area contributed by atoms with Crippen LogP contribution in [0.25, 0.3) is 10.2 Å². The van der Waals surface area contributed by atoms with E-state index in [1.165, 1.54) is 11.3 Å². The van der Waals surface area contributed by atoms with E-state index >= 15 is 0 Å². The van der Waals surface area contributed by atoms with Crippen molar-refractivity contribution in [3.63, 3.8) is 0 Å². The number of nitrogens with zero attached hydrogens (tertiary/aromatic N) is 3. The number of amides is 1. The van der Waals surface area contributed by atoms with Gasteiger partial charge >= 0.3 is 0 Å². The van der Waals surface area contributed by atoms with Gasteiger partial charge < -0.3 is 14.4 Å². The minimum Gasteiger partial charge on any atom is -0.486 e. The van der Waals surface area contributed by atoms with Gasteiger partial charge in [-0.05, 0) is 49.5 Å². The minimum absolute atomic E-state index is 0.107. The summed E-state index contributed by atoms with van der Waals surface area (Å²) in [6.45, 7) is 8.41. The summed E-state index contributed by atoms with van der Waals surface area (Å²) in [5.74, 6) is 1.17. The number of aromatic nitrogens is 1. The average Bonchev–Trinajstić information content (AvgIpc) is 3.18. The second-order valence-corrected chi connectivity index (χ2v) is 8.40. The summed E-state index contributed by atoms with van der Waals surface area (Å²) in [5, 5.41) is 1.32. The number of ether oxygens (including phenoxy) is 2. The van der Waals surface area contributed by atoms with Crippen LogP contribution in [0, 0.1) is 0 Å². The van der Waals surface area contributed by atoms with Crippen molar-refractivity contribution in [3.8, 4) is 11.5 Å². The first kappa shape index (κ1) is 20.9. The van der Waals surface area contributed by atoms with Crippen LogP contribution in [0.2, 0.25) is 5.02 Å². The van der Waals surface area contributed by atoms with E-state index in [0.29, 0.717) is 47.0 Å². The van der Waals surface area contributed by atoms with E-state index < -0.39 is 0 Å². The Balaban J connectivity index is 1.67. The number of carbonyl (C=O) groups excluding carboxylic acids is 1. The zero-order valence-electron chi connectivity index (χ0n) is 17.1. The highest BCUT2D eigenvalue weighted by atomic mass is 35.5. The van der Waals surface area contributed by atoms with Crippen molar-refractivity contribution in [2.45, 2.75) is 13.8 Å². The fourth-order valence-electron chi connectivity index (χ4n) is 3.40. The number of fused-ring (bicyclic) bond motifs is 2. The molecule has 1 aliphatic rings. The van der Waals surface area contributed by atoms with E-state index in [-0.39, 0.29) is 5.91 Å². The molecule has 0 fully saturated rings. The van der Waals surface area contributed by atoms with Gasteiger partial charge in [0.15, 0.2) is 16.6 Å². The lowest BCUT2D eigenvalue weighted by Crippen LogP contribution is -2.38. The number of rotatable bonds is 7. The topological polar surface area (TPSA) is 54.9 Å². The molecule has 6 nitrogen and oxygen atoms in total. The highest BCUT2D eigenvalue weighted by molar-refractivity contribution is 7.22. The fourth-order valence-corrected chi connectivity index (χ4v) is 4.67. The van der Waals surface area contributed by atoms with Crippen molar-refractivity contribution in [2.24, 2.45) is 0 Å². The van der Waals surface area contributed by atoms with Gasteiger partial charge in [-0.25, -0.2) is 4.98 Å². The van der Waals surface area contributed by atoms with Crippen molar-refractivity contribution < 1.29 is 14.3 Å². The van der Waals surface area contributed by atoms with Gasteiger partial charge in [-0.2, -0.15) is 0 Å². The van der Waals surface area contributed by atoms with Crippen LogP contribution >= 0.6 is 22.9 Å². The van der Waals surface area contributed by atoms with Gasteiger partial charge in [0.2, 0.25) is 0 Å². The molecule has 0 saturated heterocycles. The predicted molar refractivity (Wildman–Crippen MR) is 122 cm³/mol. The zero-order chi connectivity index (χ0) is 21.1. The normalized spacial score (nSPS) is 13.1. The Kier molecular flexibility index (Phi) is 6.41. The molecule has 30 heavy (non-hydrogen) atoms. The van der Waals surface area contributed by atoms with E-state index in [2.05, 4.69) is 18.7 Å². The molecule has 1 aliphatic heterocycles. The fraction of sp³-hybridized carbons (Fsp3) is 0.364. The van der Waals surface area contributed by atoms with Crippen molar-refractivity contribution >= 4 is 44.2 Å². The van der Waals surface area contributed by atoms with Crippen LogP contribution < -0.4 is 14.4 Å². The number of hydrogen-bond acceptors (Lipinski definition) is 6. The molecule has 158 valence electrons. The molecule has 0 radical (unpaired) electrons. The maximum absolute atomic E-state index is 13.5. The Hall–Kier alpha value is -2.35. The molecule has 0 atom stereocenters. The average molecular weight is 446 g/mol. The van der Waals surface area contributed by atoms with Crippen molar-refractivity contribution in [1.29, 1.82) is 0 Å². The predicted octanol–water partition coefficient (Wildman–Crippen LogP) is 4.71. The second-order valence-electron chi connectivity index (χ2n) is 6.95. The first-order valence-electron chi connectivity index (χ1n) is 10.1. The highest BCUT2D eigenvalue weighted by Gasteiger charge is 2.24. The maximum Gasteiger partial charge on any atom is 0.260 e. The Labute approximate surface area is 185 Å². The van der Waals surface area contributed by atoms with Gasteiger partial charge in [-0.15, -0.1) is 0 Å². The van der Waals surface area contributed by atoms with Gasteiger partial charge in [0, 0.05) is 23.7 Å². The molecular weight excluding hydrogens is 422 g/mol. The van der Waals surface area contributed by atoms with Gasteiger partial charge in [0.1, 0.15) is 13.2 Å². The molecular formula is C22H24ClN3O3S. The van der Waals surface area contributed by atoms with E-state index in [0.717, 1.165) is 29.9 Å². The van der Waals surface area contributed by atoms with Gasteiger partial charge in [0.25, 0.3) is 5.91 Å². The van der Waals surface area contributed by atoms with Crippen molar-refractivity contribution in [3.05, 3.63) is 47.0 Å². The van der Waals surface area contributed by atoms with Gasteiger partial charge in [0.05, 0.1) is 10.2 Å².